The molecule has 0 amide bonds. The van der Waals surface area contributed by atoms with Gasteiger partial charge in [0.1, 0.15) is 11.5 Å². The molecule has 7 aromatic rings. The van der Waals surface area contributed by atoms with Gasteiger partial charge in [0.2, 0.25) is 0 Å². The van der Waals surface area contributed by atoms with Crippen LogP contribution in [0.3, 0.4) is 0 Å². The highest BCUT2D eigenvalue weighted by Gasteiger charge is 2.21. The lowest BCUT2D eigenvalue weighted by atomic mass is 9.91. The molecule has 0 N–H and O–H groups in total. The summed E-state index contributed by atoms with van der Waals surface area (Å²) in [7, 11) is 0. The van der Waals surface area contributed by atoms with Crippen LogP contribution in [-0.4, -0.2) is 4.57 Å². The molecule has 168 valence electrons. The highest BCUT2D eigenvalue weighted by Crippen LogP contribution is 2.48. The number of ether oxygens (including phenoxy) is 1. The molecule has 6 aromatic carbocycles. The zero-order valence-electron chi connectivity index (χ0n) is 27.8. The summed E-state index contributed by atoms with van der Waals surface area (Å²) in [5, 5.41) is 1.56. The Balaban J connectivity index is 1.54. The molecular weight excluding hydrogens is 438 g/mol. The Kier molecular flexibility index (Phi) is 2.60. The summed E-state index contributed by atoms with van der Waals surface area (Å²) in [5.41, 5.74) is 3.33. The van der Waals surface area contributed by atoms with Crippen LogP contribution < -0.4 is 4.74 Å². The van der Waals surface area contributed by atoms with E-state index in [1.165, 1.54) is 0 Å². The molecule has 2 heteroatoms. The molecular formula is C34H21NO. The Hall–Kier alpha value is -4.82. The van der Waals surface area contributed by atoms with Gasteiger partial charge in [0, 0.05) is 27.4 Å². The van der Waals surface area contributed by atoms with E-state index < -0.39 is 36.3 Å². The van der Waals surface area contributed by atoms with Crippen LogP contribution in [0.2, 0.25) is 0 Å². The summed E-state index contributed by atoms with van der Waals surface area (Å²) in [6.45, 7) is 0. The van der Waals surface area contributed by atoms with Gasteiger partial charge in [-0.2, -0.15) is 0 Å². The van der Waals surface area contributed by atoms with Crippen LogP contribution in [0.1, 0.15) is 12.3 Å². The van der Waals surface area contributed by atoms with Gasteiger partial charge in [-0.1, -0.05) is 84.8 Å². The first-order valence-electron chi connectivity index (χ1n) is 16.1. The molecule has 0 saturated carbocycles. The lowest BCUT2D eigenvalue weighted by molar-refractivity contribution is 0.487. The first-order chi connectivity index (χ1) is 21.6. The number of benzene rings is 6. The summed E-state index contributed by atoms with van der Waals surface area (Å²) >= 11 is 0. The van der Waals surface area contributed by atoms with Crippen LogP contribution in [0, 0.1) is 0 Å². The molecule has 0 bridgehead atoms. The quantitative estimate of drug-likeness (QED) is 0.246. The van der Waals surface area contributed by atoms with E-state index in [2.05, 4.69) is 4.57 Å². The number of aromatic nitrogens is 1. The van der Waals surface area contributed by atoms with E-state index in [-0.39, 0.29) is 57.1 Å². The SMILES string of the molecule is [2H]c1c([2H])c(-c2cccc3c2c2ccccc2n3-c2ccccc2)c([2H])c2c1Oc1c([2H])c([2H])c([2H])c3c([2H])c([2H])c([2H])c-2c13. The minimum atomic E-state index is -0.514. The smallest absolute Gasteiger partial charge is 0.135 e. The van der Waals surface area contributed by atoms with E-state index in [1.54, 1.807) is 6.07 Å². The second-order valence-electron chi connectivity index (χ2n) is 8.65. The summed E-state index contributed by atoms with van der Waals surface area (Å²) in [5.74, 6) is -0.443. The molecule has 0 radical (unpaired) electrons. The molecule has 0 saturated heterocycles. The molecule has 1 aromatic heterocycles. The summed E-state index contributed by atoms with van der Waals surface area (Å²) in [6, 6.07) is 19.6. The highest BCUT2D eigenvalue weighted by molar-refractivity contribution is 6.16. The predicted molar refractivity (Wildman–Crippen MR) is 149 cm³/mol. The molecule has 0 spiro atoms. The first kappa shape index (κ1) is 12.8. The van der Waals surface area contributed by atoms with Crippen molar-refractivity contribution >= 4 is 32.6 Å². The average molecular weight is 469 g/mol. The van der Waals surface area contributed by atoms with Gasteiger partial charge >= 0.3 is 0 Å². The van der Waals surface area contributed by atoms with E-state index in [0.29, 0.717) is 5.56 Å². The van der Waals surface area contributed by atoms with Gasteiger partial charge in [0.05, 0.1) is 23.4 Å². The van der Waals surface area contributed by atoms with Gasteiger partial charge in [0.15, 0.2) is 0 Å². The van der Waals surface area contributed by atoms with E-state index in [0.717, 1.165) is 27.5 Å². The van der Waals surface area contributed by atoms with Crippen molar-refractivity contribution in [2.45, 2.75) is 0 Å². The average Bonchev–Trinajstić information content (AvgIpc) is 3.40. The van der Waals surface area contributed by atoms with Crippen LogP contribution in [0.5, 0.6) is 11.5 Å². The van der Waals surface area contributed by atoms with Crippen molar-refractivity contribution in [3.63, 3.8) is 0 Å². The van der Waals surface area contributed by atoms with E-state index in [1.807, 2.05) is 66.7 Å². The summed E-state index contributed by atoms with van der Waals surface area (Å²) < 4.78 is 87.1. The normalized spacial score (nSPS) is 15.6. The Labute approximate surface area is 221 Å². The predicted octanol–water partition coefficient (Wildman–Crippen LogP) is 9.38. The monoisotopic (exact) mass is 468 g/mol. The summed E-state index contributed by atoms with van der Waals surface area (Å²) in [4.78, 5) is 0. The van der Waals surface area contributed by atoms with Crippen molar-refractivity contribution in [1.82, 2.24) is 4.57 Å². The molecule has 0 unspecified atom stereocenters. The largest absolute Gasteiger partial charge is 0.456 e. The third kappa shape index (κ3) is 2.67. The van der Waals surface area contributed by atoms with E-state index >= 15 is 0 Å². The molecule has 0 aliphatic carbocycles. The molecule has 2 nitrogen and oxygen atoms in total. The Morgan fingerprint density at radius 3 is 2.31 bits per heavy atom. The number of nitrogens with zero attached hydrogens (tertiary/aromatic N) is 1. The fourth-order valence-electron chi connectivity index (χ4n) is 5.17. The van der Waals surface area contributed by atoms with Crippen molar-refractivity contribution in [3.8, 4) is 39.4 Å². The number of para-hydroxylation sites is 2. The summed E-state index contributed by atoms with van der Waals surface area (Å²) in [6.07, 6.45) is 0. The lowest BCUT2D eigenvalue weighted by Gasteiger charge is -2.22. The molecule has 36 heavy (non-hydrogen) atoms. The number of fused-ring (bicyclic) bond motifs is 5. The third-order valence-corrected chi connectivity index (χ3v) is 6.68. The van der Waals surface area contributed by atoms with Crippen LogP contribution >= 0.6 is 0 Å². The topological polar surface area (TPSA) is 14.2 Å². The van der Waals surface area contributed by atoms with E-state index in [4.69, 9.17) is 15.7 Å². The zero-order valence-corrected chi connectivity index (χ0v) is 18.8. The number of hydrogen-bond donors (Lipinski definition) is 0. The second kappa shape index (κ2) is 7.34. The zero-order chi connectivity index (χ0) is 31.5. The van der Waals surface area contributed by atoms with Crippen molar-refractivity contribution in [2.75, 3.05) is 0 Å². The van der Waals surface area contributed by atoms with Crippen LogP contribution in [-0.2, 0) is 0 Å². The third-order valence-electron chi connectivity index (χ3n) is 6.68. The fourth-order valence-corrected chi connectivity index (χ4v) is 5.17. The van der Waals surface area contributed by atoms with Crippen molar-refractivity contribution < 1.29 is 17.1 Å². The fraction of sp³-hybridized carbons (Fsp3) is 0. The molecule has 1 aliphatic heterocycles. The molecule has 0 fully saturated rings. The number of rotatable bonds is 2. The van der Waals surface area contributed by atoms with Crippen molar-refractivity contribution in [3.05, 3.63) is 127 Å². The highest BCUT2D eigenvalue weighted by atomic mass is 16.5. The van der Waals surface area contributed by atoms with Gasteiger partial charge < -0.3 is 9.30 Å². The second-order valence-corrected chi connectivity index (χ2v) is 8.65. The lowest BCUT2D eigenvalue weighted by Crippen LogP contribution is -1.97. The van der Waals surface area contributed by atoms with Crippen molar-refractivity contribution in [2.24, 2.45) is 0 Å². The van der Waals surface area contributed by atoms with E-state index in [9.17, 15) is 1.37 Å². The van der Waals surface area contributed by atoms with Gasteiger partial charge in [-0.05, 0) is 64.5 Å². The maximum Gasteiger partial charge on any atom is 0.135 e. The maximum absolute atomic E-state index is 9.52. The standard InChI is InChI=1S/C34H21NO/c1-2-11-24(12-3-1)35-29-16-5-4-13-27(29)34-25(14-8-17-30(34)35)23-19-20-31-28(21-23)26-15-6-9-22-10-7-18-32(36-31)33(22)26/h1-21H/i6D,7D,9D,10D,15D,18D,19D,20D,21D. The Morgan fingerprint density at radius 2 is 1.39 bits per heavy atom. The van der Waals surface area contributed by atoms with Gasteiger partial charge in [-0.15, -0.1) is 0 Å². The Morgan fingerprint density at radius 1 is 0.583 bits per heavy atom. The first-order valence-corrected chi connectivity index (χ1v) is 11.6. The van der Waals surface area contributed by atoms with Crippen LogP contribution in [0.4, 0.5) is 0 Å². The molecule has 8 rings (SSSR count). The minimum absolute atomic E-state index is 0.0112. The van der Waals surface area contributed by atoms with Crippen molar-refractivity contribution in [1.29, 1.82) is 0 Å². The van der Waals surface area contributed by atoms with Crippen LogP contribution in [0.25, 0.3) is 60.5 Å². The minimum Gasteiger partial charge on any atom is -0.456 e. The van der Waals surface area contributed by atoms with Gasteiger partial charge in [0.25, 0.3) is 0 Å². The number of hydrogen-bond acceptors (Lipinski definition) is 1. The molecule has 1 aliphatic rings. The maximum atomic E-state index is 9.52. The molecule has 2 heterocycles. The van der Waals surface area contributed by atoms with Gasteiger partial charge in [-0.25, -0.2) is 0 Å². The van der Waals surface area contributed by atoms with Crippen LogP contribution in [0.15, 0.2) is 127 Å². The Bertz CT molecular complexity index is 2440. The van der Waals surface area contributed by atoms with Gasteiger partial charge in [-0.3, -0.25) is 0 Å². The molecule has 0 atom stereocenters.